The molecule has 0 bridgehead atoms. The number of rotatable bonds is 4. The van der Waals surface area contributed by atoms with E-state index in [-0.39, 0.29) is 12.5 Å². The zero-order chi connectivity index (χ0) is 15.1. The molecule has 0 saturated heterocycles. The lowest BCUT2D eigenvalue weighted by molar-refractivity contribution is 0.103. The summed E-state index contributed by atoms with van der Waals surface area (Å²) in [6.45, 7) is 2.09. The van der Waals surface area contributed by atoms with Crippen LogP contribution in [0.2, 0.25) is 0 Å². The van der Waals surface area contributed by atoms with Crippen molar-refractivity contribution < 1.29 is 9.90 Å². The topological polar surface area (TPSA) is 62.2 Å². The predicted octanol–water partition coefficient (Wildman–Crippen LogP) is 2.69. The molecular weight excluding hydrogens is 284 g/mol. The smallest absolute Gasteiger partial charge is 0.266 e. The maximum atomic E-state index is 12.1. The second-order valence-corrected chi connectivity index (χ2v) is 5.43. The van der Waals surface area contributed by atoms with Gasteiger partial charge in [-0.1, -0.05) is 18.9 Å². The van der Waals surface area contributed by atoms with E-state index in [1.54, 1.807) is 18.2 Å². The highest BCUT2D eigenvalue weighted by Gasteiger charge is 2.09. The Hall–Kier alpha value is -2.16. The summed E-state index contributed by atoms with van der Waals surface area (Å²) in [7, 11) is 0. The monoisotopic (exact) mass is 300 g/mol. The Kier molecular flexibility index (Phi) is 5.50. The molecule has 2 aromatic heterocycles. The predicted molar refractivity (Wildman–Crippen MR) is 84.5 cm³/mol. The number of nitrogens with zero attached hydrogens (tertiary/aromatic N) is 1. The number of nitrogens with one attached hydrogen (secondary N) is 1. The normalized spacial score (nSPS) is 9.81. The minimum Gasteiger partial charge on any atom is -0.395 e. The zero-order valence-electron chi connectivity index (χ0n) is 11.7. The summed E-state index contributed by atoms with van der Waals surface area (Å²) < 4.78 is 0. The number of hydrogen-bond donors (Lipinski definition) is 2. The lowest BCUT2D eigenvalue weighted by Gasteiger charge is -2.02. The van der Waals surface area contributed by atoms with Gasteiger partial charge in [0.25, 0.3) is 5.91 Å². The molecule has 0 aromatic carbocycles. The molecule has 0 fully saturated rings. The summed E-state index contributed by atoms with van der Waals surface area (Å²) in [6.07, 6.45) is 1.33. The lowest BCUT2D eigenvalue weighted by Crippen LogP contribution is -2.11. The molecule has 0 spiro atoms. The van der Waals surface area contributed by atoms with Crippen LogP contribution < -0.4 is 5.32 Å². The van der Waals surface area contributed by atoms with Gasteiger partial charge in [-0.3, -0.25) is 4.79 Å². The second-order valence-electron chi connectivity index (χ2n) is 4.26. The average Bonchev–Trinajstić information content (AvgIpc) is 2.97. The zero-order valence-corrected chi connectivity index (χ0v) is 12.5. The van der Waals surface area contributed by atoms with E-state index >= 15 is 0 Å². The first kappa shape index (κ1) is 15.2. The van der Waals surface area contributed by atoms with E-state index in [1.807, 2.05) is 12.1 Å². The maximum absolute atomic E-state index is 12.1. The highest BCUT2D eigenvalue weighted by atomic mass is 32.1. The molecule has 0 atom stereocenters. The fourth-order valence-corrected chi connectivity index (χ4v) is 2.49. The number of aliphatic hydroxyl groups is 1. The van der Waals surface area contributed by atoms with Crippen LogP contribution in [0.1, 0.15) is 33.6 Å². The quantitative estimate of drug-likeness (QED) is 0.853. The largest absolute Gasteiger partial charge is 0.395 e. The van der Waals surface area contributed by atoms with Crippen LogP contribution in [0, 0.1) is 11.8 Å². The number of carbonyl (C=O) groups is 1. The van der Waals surface area contributed by atoms with Gasteiger partial charge in [0, 0.05) is 11.3 Å². The van der Waals surface area contributed by atoms with Gasteiger partial charge in [-0.25, -0.2) is 4.98 Å². The Balaban J connectivity index is 2.07. The van der Waals surface area contributed by atoms with Crippen molar-refractivity contribution in [3.8, 4) is 11.8 Å². The van der Waals surface area contributed by atoms with E-state index < -0.39 is 0 Å². The molecule has 0 aliphatic rings. The molecule has 4 nitrogen and oxygen atoms in total. The Morgan fingerprint density at radius 3 is 2.95 bits per heavy atom. The van der Waals surface area contributed by atoms with Crippen molar-refractivity contribution in [1.82, 2.24) is 4.98 Å². The van der Waals surface area contributed by atoms with Crippen molar-refractivity contribution in [1.29, 1.82) is 0 Å². The first-order chi connectivity index (χ1) is 10.2. The van der Waals surface area contributed by atoms with E-state index in [0.29, 0.717) is 22.8 Å². The molecule has 2 heterocycles. The van der Waals surface area contributed by atoms with Crippen LogP contribution in [0.3, 0.4) is 0 Å². The molecule has 0 aliphatic heterocycles. The molecule has 0 saturated carbocycles. The summed E-state index contributed by atoms with van der Waals surface area (Å²) in [4.78, 5) is 18.2. The molecule has 2 aromatic rings. The fraction of sp³-hybridized carbons (Fsp3) is 0.250. The third kappa shape index (κ3) is 4.42. The van der Waals surface area contributed by atoms with Gasteiger partial charge < -0.3 is 10.4 Å². The number of amides is 1. The fourth-order valence-electron chi connectivity index (χ4n) is 1.65. The number of aryl methyl sites for hydroxylation is 1. The molecule has 108 valence electrons. The van der Waals surface area contributed by atoms with Crippen molar-refractivity contribution in [3.63, 3.8) is 0 Å². The summed E-state index contributed by atoms with van der Waals surface area (Å²) in [6, 6.07) is 9.06. The van der Waals surface area contributed by atoms with Crippen molar-refractivity contribution in [2.75, 3.05) is 11.9 Å². The van der Waals surface area contributed by atoms with Crippen LogP contribution in [-0.4, -0.2) is 22.6 Å². The van der Waals surface area contributed by atoms with Gasteiger partial charge in [0.05, 0.1) is 11.5 Å². The van der Waals surface area contributed by atoms with Crippen molar-refractivity contribution in [2.24, 2.45) is 0 Å². The molecule has 0 radical (unpaired) electrons. The van der Waals surface area contributed by atoms with Crippen molar-refractivity contribution in [2.45, 2.75) is 19.8 Å². The van der Waals surface area contributed by atoms with Gasteiger partial charge in [-0.2, -0.15) is 0 Å². The number of aliphatic hydroxyl groups excluding tert-OH is 1. The SMILES string of the molecule is CCc1ccc(C(=O)Nc2cccc(C#CCCO)n2)s1. The molecule has 0 unspecified atom stereocenters. The third-order valence-corrected chi connectivity index (χ3v) is 3.91. The Morgan fingerprint density at radius 2 is 2.24 bits per heavy atom. The van der Waals surface area contributed by atoms with Gasteiger partial charge in [-0.15, -0.1) is 11.3 Å². The number of hydrogen-bond acceptors (Lipinski definition) is 4. The Bertz CT molecular complexity index is 683. The number of aromatic nitrogens is 1. The molecule has 2 rings (SSSR count). The van der Waals surface area contributed by atoms with Crippen LogP contribution in [0.5, 0.6) is 0 Å². The molecule has 2 N–H and O–H groups in total. The van der Waals surface area contributed by atoms with E-state index in [1.165, 1.54) is 16.2 Å². The van der Waals surface area contributed by atoms with Crippen molar-refractivity contribution >= 4 is 23.1 Å². The molecule has 1 amide bonds. The number of pyridine rings is 1. The van der Waals surface area contributed by atoms with E-state index in [9.17, 15) is 4.79 Å². The van der Waals surface area contributed by atoms with Crippen molar-refractivity contribution in [3.05, 3.63) is 45.8 Å². The van der Waals surface area contributed by atoms with Crippen LogP contribution in [0.25, 0.3) is 0 Å². The van der Waals surface area contributed by atoms with Gasteiger partial charge in [0.2, 0.25) is 0 Å². The highest BCUT2D eigenvalue weighted by molar-refractivity contribution is 7.14. The minimum absolute atomic E-state index is 0.0293. The number of carbonyl (C=O) groups excluding carboxylic acids is 1. The molecule has 0 aliphatic carbocycles. The number of anilines is 1. The van der Waals surface area contributed by atoms with Crippen LogP contribution in [0.15, 0.2) is 30.3 Å². The first-order valence-corrected chi connectivity index (χ1v) is 7.51. The summed E-state index contributed by atoms with van der Waals surface area (Å²) >= 11 is 1.49. The van der Waals surface area contributed by atoms with Crippen LogP contribution in [-0.2, 0) is 6.42 Å². The minimum atomic E-state index is -0.160. The summed E-state index contributed by atoms with van der Waals surface area (Å²) in [5.74, 6) is 5.96. The van der Waals surface area contributed by atoms with E-state index in [4.69, 9.17) is 5.11 Å². The number of thiophene rings is 1. The standard InChI is InChI=1S/C16H16N2O2S/c1-2-13-9-10-14(21-13)16(20)18-15-8-5-7-12(17-15)6-3-4-11-19/h5,7-10,19H,2,4,11H2,1H3,(H,17,18,20). The summed E-state index contributed by atoms with van der Waals surface area (Å²) in [5, 5.41) is 11.5. The molecular formula is C16H16N2O2S. The van der Waals surface area contributed by atoms with E-state index in [2.05, 4.69) is 29.1 Å². The summed E-state index contributed by atoms with van der Waals surface area (Å²) in [5.41, 5.74) is 0.571. The third-order valence-electron chi connectivity index (χ3n) is 2.68. The lowest BCUT2D eigenvalue weighted by atomic mass is 10.3. The Labute approximate surface area is 127 Å². The van der Waals surface area contributed by atoms with E-state index in [0.717, 1.165) is 6.42 Å². The Morgan fingerprint density at radius 1 is 1.38 bits per heavy atom. The van der Waals surface area contributed by atoms with Gasteiger partial charge in [0.1, 0.15) is 11.5 Å². The molecule has 21 heavy (non-hydrogen) atoms. The highest BCUT2D eigenvalue weighted by Crippen LogP contribution is 2.18. The second kappa shape index (κ2) is 7.58. The van der Waals surface area contributed by atoms with Gasteiger partial charge in [-0.05, 0) is 36.6 Å². The first-order valence-electron chi connectivity index (χ1n) is 6.69. The van der Waals surface area contributed by atoms with Gasteiger partial charge in [0.15, 0.2) is 0 Å². The maximum Gasteiger partial charge on any atom is 0.266 e. The average molecular weight is 300 g/mol. The van der Waals surface area contributed by atoms with Gasteiger partial charge >= 0.3 is 0 Å². The molecule has 5 heteroatoms. The van der Waals surface area contributed by atoms with Crippen LogP contribution in [0.4, 0.5) is 5.82 Å². The van der Waals surface area contributed by atoms with Crippen LogP contribution >= 0.6 is 11.3 Å².